The zero-order chi connectivity index (χ0) is 10.5. The van der Waals surface area contributed by atoms with E-state index in [4.69, 9.17) is 4.74 Å². The van der Waals surface area contributed by atoms with Gasteiger partial charge in [0, 0.05) is 0 Å². The standard InChI is InChI=1S/C8H15NO4/c1-8(2,3)13-7(11)12-6(10)5-9-4/h9H,5H2,1-4H3. The number of ether oxygens (including phenoxy) is 2. The summed E-state index contributed by atoms with van der Waals surface area (Å²) in [6.07, 6.45) is -0.965. The molecule has 0 bridgehead atoms. The second kappa shape index (κ2) is 4.81. The summed E-state index contributed by atoms with van der Waals surface area (Å²) in [6.45, 7) is 5.06. The minimum atomic E-state index is -0.965. The lowest BCUT2D eigenvalue weighted by atomic mass is 10.2. The largest absolute Gasteiger partial charge is 0.516 e. The fourth-order valence-electron chi connectivity index (χ4n) is 0.544. The molecule has 0 aromatic rings. The Hall–Kier alpha value is -1.10. The third kappa shape index (κ3) is 7.27. The summed E-state index contributed by atoms with van der Waals surface area (Å²) < 4.78 is 9.05. The molecule has 13 heavy (non-hydrogen) atoms. The molecule has 0 unspecified atom stereocenters. The number of carbonyl (C=O) groups excluding carboxylic acids is 2. The van der Waals surface area contributed by atoms with E-state index < -0.39 is 17.7 Å². The molecule has 0 saturated heterocycles. The monoisotopic (exact) mass is 189 g/mol. The summed E-state index contributed by atoms with van der Waals surface area (Å²) in [5.74, 6) is -0.656. The molecule has 0 radical (unpaired) electrons. The Kier molecular flexibility index (Phi) is 4.40. The van der Waals surface area contributed by atoms with Crippen molar-refractivity contribution < 1.29 is 19.1 Å². The van der Waals surface area contributed by atoms with Gasteiger partial charge in [0.2, 0.25) is 0 Å². The number of rotatable bonds is 2. The van der Waals surface area contributed by atoms with Crippen molar-refractivity contribution in [3.05, 3.63) is 0 Å². The van der Waals surface area contributed by atoms with Crippen LogP contribution in [0.2, 0.25) is 0 Å². The van der Waals surface area contributed by atoms with E-state index in [1.165, 1.54) is 0 Å². The quantitative estimate of drug-likeness (QED) is 0.511. The van der Waals surface area contributed by atoms with Crippen LogP contribution in [0.4, 0.5) is 4.79 Å². The first-order chi connectivity index (χ1) is 5.85. The SMILES string of the molecule is CNCC(=O)OC(=O)OC(C)(C)C. The van der Waals surface area contributed by atoms with Crippen molar-refractivity contribution in [1.82, 2.24) is 5.32 Å². The number of hydrogen-bond acceptors (Lipinski definition) is 5. The summed E-state index contributed by atoms with van der Waals surface area (Å²) in [5, 5.41) is 2.55. The lowest BCUT2D eigenvalue weighted by Crippen LogP contribution is -2.29. The fourth-order valence-corrected chi connectivity index (χ4v) is 0.544. The second-order valence-corrected chi connectivity index (χ2v) is 3.47. The lowest BCUT2D eigenvalue weighted by Gasteiger charge is -2.17. The molecule has 5 heteroatoms. The number of nitrogens with one attached hydrogen (secondary N) is 1. The maximum absolute atomic E-state index is 10.9. The number of likely N-dealkylation sites (N-methyl/N-ethyl adjacent to an activating group) is 1. The Balaban J connectivity index is 3.82. The van der Waals surface area contributed by atoms with Gasteiger partial charge in [-0.2, -0.15) is 0 Å². The zero-order valence-corrected chi connectivity index (χ0v) is 8.34. The van der Waals surface area contributed by atoms with Crippen molar-refractivity contribution in [1.29, 1.82) is 0 Å². The number of carbonyl (C=O) groups is 2. The van der Waals surface area contributed by atoms with Crippen molar-refractivity contribution in [3.8, 4) is 0 Å². The highest BCUT2D eigenvalue weighted by Gasteiger charge is 2.19. The van der Waals surface area contributed by atoms with Crippen LogP contribution in [-0.4, -0.2) is 31.3 Å². The van der Waals surface area contributed by atoms with Crippen LogP contribution in [0.5, 0.6) is 0 Å². The Morgan fingerprint density at radius 1 is 1.31 bits per heavy atom. The zero-order valence-electron chi connectivity index (χ0n) is 8.34. The Morgan fingerprint density at radius 3 is 2.23 bits per heavy atom. The van der Waals surface area contributed by atoms with Gasteiger partial charge in [-0.05, 0) is 27.8 Å². The van der Waals surface area contributed by atoms with Crippen molar-refractivity contribution in [2.45, 2.75) is 26.4 Å². The maximum atomic E-state index is 10.9. The van der Waals surface area contributed by atoms with Crippen LogP contribution in [0.15, 0.2) is 0 Å². The van der Waals surface area contributed by atoms with Gasteiger partial charge in [-0.1, -0.05) is 0 Å². The van der Waals surface area contributed by atoms with Gasteiger partial charge in [0.25, 0.3) is 0 Å². The van der Waals surface area contributed by atoms with Gasteiger partial charge in [-0.25, -0.2) is 4.79 Å². The summed E-state index contributed by atoms with van der Waals surface area (Å²) >= 11 is 0. The molecule has 5 nitrogen and oxygen atoms in total. The van der Waals surface area contributed by atoms with E-state index in [1.807, 2.05) is 0 Å². The molecule has 0 fully saturated rings. The van der Waals surface area contributed by atoms with Crippen LogP contribution >= 0.6 is 0 Å². The van der Waals surface area contributed by atoms with Crippen molar-refractivity contribution >= 4 is 12.1 Å². The van der Waals surface area contributed by atoms with Crippen LogP contribution in [-0.2, 0) is 14.3 Å². The van der Waals surface area contributed by atoms with Crippen LogP contribution in [0.3, 0.4) is 0 Å². The number of hydrogen-bond donors (Lipinski definition) is 1. The molecule has 0 atom stereocenters. The number of esters is 1. The van der Waals surface area contributed by atoms with Crippen molar-refractivity contribution in [2.75, 3.05) is 13.6 Å². The van der Waals surface area contributed by atoms with Gasteiger partial charge < -0.3 is 14.8 Å². The topological polar surface area (TPSA) is 64.6 Å². The molecule has 0 aliphatic carbocycles. The third-order valence-electron chi connectivity index (χ3n) is 0.908. The minimum Gasteiger partial charge on any atom is -0.428 e. The predicted octanol–water partition coefficient (Wildman–Crippen LogP) is 0.684. The molecule has 0 aromatic carbocycles. The lowest BCUT2D eigenvalue weighted by molar-refractivity contribution is -0.140. The molecule has 0 aromatic heterocycles. The van der Waals surface area contributed by atoms with E-state index in [2.05, 4.69) is 10.1 Å². The maximum Gasteiger partial charge on any atom is 0.516 e. The highest BCUT2D eigenvalue weighted by Crippen LogP contribution is 2.07. The van der Waals surface area contributed by atoms with Crippen LogP contribution in [0, 0.1) is 0 Å². The van der Waals surface area contributed by atoms with E-state index in [1.54, 1.807) is 27.8 Å². The van der Waals surface area contributed by atoms with Crippen LogP contribution in [0.1, 0.15) is 20.8 Å². The van der Waals surface area contributed by atoms with E-state index in [-0.39, 0.29) is 6.54 Å². The van der Waals surface area contributed by atoms with E-state index in [0.29, 0.717) is 0 Å². The molecule has 0 rings (SSSR count). The molecular formula is C8H15NO4. The smallest absolute Gasteiger partial charge is 0.428 e. The van der Waals surface area contributed by atoms with Gasteiger partial charge in [0.05, 0.1) is 6.54 Å². The Bertz CT molecular complexity index is 195. The molecule has 76 valence electrons. The third-order valence-corrected chi connectivity index (χ3v) is 0.908. The average molecular weight is 189 g/mol. The second-order valence-electron chi connectivity index (χ2n) is 3.47. The summed E-state index contributed by atoms with van der Waals surface area (Å²) in [5.41, 5.74) is -0.642. The van der Waals surface area contributed by atoms with E-state index >= 15 is 0 Å². The van der Waals surface area contributed by atoms with Gasteiger partial charge in [0.15, 0.2) is 0 Å². The summed E-state index contributed by atoms with van der Waals surface area (Å²) in [6, 6.07) is 0. The van der Waals surface area contributed by atoms with Crippen molar-refractivity contribution in [2.24, 2.45) is 0 Å². The normalized spacial score (nSPS) is 10.8. The van der Waals surface area contributed by atoms with Crippen LogP contribution in [0.25, 0.3) is 0 Å². The molecule has 1 N–H and O–H groups in total. The first-order valence-electron chi connectivity index (χ1n) is 3.93. The predicted molar refractivity (Wildman–Crippen MR) is 46.3 cm³/mol. The molecular weight excluding hydrogens is 174 g/mol. The minimum absolute atomic E-state index is 0.0146. The van der Waals surface area contributed by atoms with Gasteiger partial charge >= 0.3 is 12.1 Å². The molecule has 0 aliphatic heterocycles. The molecule has 0 aliphatic rings. The Morgan fingerprint density at radius 2 is 1.85 bits per heavy atom. The van der Waals surface area contributed by atoms with Gasteiger partial charge in [0.1, 0.15) is 5.60 Å². The van der Waals surface area contributed by atoms with Crippen molar-refractivity contribution in [3.63, 3.8) is 0 Å². The summed E-state index contributed by atoms with van der Waals surface area (Å²) in [7, 11) is 1.58. The van der Waals surface area contributed by atoms with Gasteiger partial charge in [-0.3, -0.25) is 4.79 Å². The average Bonchev–Trinajstić information content (AvgIpc) is 1.81. The molecule has 0 saturated carbocycles. The highest BCUT2D eigenvalue weighted by atomic mass is 16.7. The first-order valence-corrected chi connectivity index (χ1v) is 3.93. The van der Waals surface area contributed by atoms with Crippen LogP contribution < -0.4 is 5.32 Å². The first kappa shape index (κ1) is 11.9. The van der Waals surface area contributed by atoms with Gasteiger partial charge in [-0.15, -0.1) is 0 Å². The van der Waals surface area contributed by atoms with E-state index in [0.717, 1.165) is 0 Å². The Labute approximate surface area is 77.4 Å². The van der Waals surface area contributed by atoms with E-state index in [9.17, 15) is 9.59 Å². The fraction of sp³-hybridized carbons (Fsp3) is 0.750. The molecule has 0 spiro atoms. The molecule has 0 heterocycles. The summed E-state index contributed by atoms with van der Waals surface area (Å²) in [4.78, 5) is 21.6. The molecule has 0 amide bonds. The highest BCUT2D eigenvalue weighted by molar-refractivity contribution is 5.83.